The summed E-state index contributed by atoms with van der Waals surface area (Å²) in [6, 6.07) is 11.2. The Morgan fingerprint density at radius 1 is 1.00 bits per heavy atom. The van der Waals surface area contributed by atoms with Gasteiger partial charge in [-0.3, -0.25) is 14.4 Å². The number of hydrogen-bond donors (Lipinski definition) is 1. The van der Waals surface area contributed by atoms with E-state index in [-0.39, 0.29) is 23.3 Å². The van der Waals surface area contributed by atoms with Gasteiger partial charge in [0.25, 0.3) is 5.91 Å². The molecule has 1 aliphatic heterocycles. The smallest absolute Gasteiger partial charge is 0.252 e. The van der Waals surface area contributed by atoms with E-state index < -0.39 is 27.9 Å². The third-order valence-corrected chi connectivity index (χ3v) is 8.70. The van der Waals surface area contributed by atoms with Gasteiger partial charge in [0.05, 0.1) is 17.0 Å². The maximum Gasteiger partial charge on any atom is 0.252 e. The standard InChI is InChI=1S/C24H26BrN3O5S/c1-16(29)26-18-9-13-21(14-10-18)34(32,33)28(20-5-3-2-4-6-20)22-15-23(30)27(24(22)31)19-11-7-17(25)8-12-19/h7-14,20,22H,2-6,15H2,1H3,(H,26,29). The molecule has 1 saturated heterocycles. The van der Waals surface area contributed by atoms with E-state index in [2.05, 4.69) is 21.2 Å². The third-order valence-electron chi connectivity index (χ3n) is 6.20. The highest BCUT2D eigenvalue weighted by molar-refractivity contribution is 9.10. The van der Waals surface area contributed by atoms with Crippen molar-refractivity contribution < 1.29 is 22.8 Å². The summed E-state index contributed by atoms with van der Waals surface area (Å²) >= 11 is 3.34. The molecule has 1 atom stereocenters. The number of rotatable bonds is 6. The lowest BCUT2D eigenvalue weighted by Crippen LogP contribution is -2.51. The third kappa shape index (κ3) is 4.94. The minimum Gasteiger partial charge on any atom is -0.326 e. The summed E-state index contributed by atoms with van der Waals surface area (Å²) < 4.78 is 29.8. The molecule has 1 aliphatic carbocycles. The molecule has 0 aromatic heterocycles. The zero-order chi connectivity index (χ0) is 24.5. The molecule has 2 fully saturated rings. The van der Waals surface area contributed by atoms with Crippen molar-refractivity contribution in [2.75, 3.05) is 10.2 Å². The number of hydrogen-bond acceptors (Lipinski definition) is 5. The Morgan fingerprint density at radius 2 is 1.62 bits per heavy atom. The molecule has 2 aromatic carbocycles. The summed E-state index contributed by atoms with van der Waals surface area (Å²) in [5.41, 5.74) is 0.894. The number of carbonyl (C=O) groups is 3. The number of anilines is 2. The van der Waals surface area contributed by atoms with Crippen molar-refractivity contribution in [3.63, 3.8) is 0 Å². The van der Waals surface area contributed by atoms with E-state index in [4.69, 9.17) is 0 Å². The highest BCUT2D eigenvalue weighted by Gasteiger charge is 2.49. The lowest BCUT2D eigenvalue weighted by Gasteiger charge is -2.36. The quantitative estimate of drug-likeness (QED) is 0.549. The van der Waals surface area contributed by atoms with Crippen LogP contribution in [-0.4, -0.2) is 42.5 Å². The van der Waals surface area contributed by atoms with Gasteiger partial charge in [-0.05, 0) is 61.4 Å². The van der Waals surface area contributed by atoms with Gasteiger partial charge in [-0.1, -0.05) is 35.2 Å². The SMILES string of the molecule is CC(=O)Nc1ccc(S(=O)(=O)N(C2CCCCC2)C2CC(=O)N(c3ccc(Br)cc3)C2=O)cc1. The van der Waals surface area contributed by atoms with Crippen LogP contribution in [0.2, 0.25) is 0 Å². The first-order valence-electron chi connectivity index (χ1n) is 11.2. The van der Waals surface area contributed by atoms with Crippen molar-refractivity contribution in [3.8, 4) is 0 Å². The van der Waals surface area contributed by atoms with E-state index in [1.165, 1.54) is 35.5 Å². The van der Waals surface area contributed by atoms with Crippen LogP contribution in [0.4, 0.5) is 11.4 Å². The fourth-order valence-corrected chi connectivity index (χ4v) is 6.76. The van der Waals surface area contributed by atoms with E-state index in [0.29, 0.717) is 24.2 Å². The summed E-state index contributed by atoms with van der Waals surface area (Å²) in [5.74, 6) is -1.21. The summed E-state index contributed by atoms with van der Waals surface area (Å²) in [6.45, 7) is 1.37. The molecule has 0 radical (unpaired) electrons. The van der Waals surface area contributed by atoms with Crippen LogP contribution in [0, 0.1) is 0 Å². The van der Waals surface area contributed by atoms with Gasteiger partial charge in [0.2, 0.25) is 21.8 Å². The van der Waals surface area contributed by atoms with Crippen molar-refractivity contribution in [2.24, 2.45) is 0 Å². The molecule has 1 saturated carbocycles. The number of halogens is 1. The Bertz CT molecular complexity index is 1190. The van der Waals surface area contributed by atoms with Crippen LogP contribution in [0.5, 0.6) is 0 Å². The van der Waals surface area contributed by atoms with Crippen LogP contribution >= 0.6 is 15.9 Å². The molecule has 180 valence electrons. The first-order chi connectivity index (χ1) is 16.2. The van der Waals surface area contributed by atoms with Crippen molar-refractivity contribution >= 4 is 55.0 Å². The van der Waals surface area contributed by atoms with Crippen molar-refractivity contribution in [1.29, 1.82) is 0 Å². The minimum atomic E-state index is -4.08. The number of carbonyl (C=O) groups excluding carboxylic acids is 3. The van der Waals surface area contributed by atoms with E-state index in [0.717, 1.165) is 28.6 Å². The number of sulfonamides is 1. The van der Waals surface area contributed by atoms with Crippen LogP contribution in [-0.2, 0) is 24.4 Å². The topological polar surface area (TPSA) is 104 Å². The van der Waals surface area contributed by atoms with Crippen molar-refractivity contribution in [3.05, 3.63) is 53.0 Å². The van der Waals surface area contributed by atoms with Gasteiger partial charge in [-0.2, -0.15) is 4.31 Å². The maximum atomic E-state index is 13.8. The second-order valence-corrected chi connectivity index (χ2v) is 11.4. The number of benzene rings is 2. The molecule has 4 rings (SSSR count). The Hall–Kier alpha value is -2.56. The van der Waals surface area contributed by atoms with Gasteiger partial charge in [0.15, 0.2) is 0 Å². The van der Waals surface area contributed by atoms with Crippen LogP contribution in [0.3, 0.4) is 0 Å². The zero-order valence-corrected chi connectivity index (χ0v) is 21.1. The number of imide groups is 1. The lowest BCUT2D eigenvalue weighted by molar-refractivity contribution is -0.122. The normalized spacial score (nSPS) is 19.6. The van der Waals surface area contributed by atoms with Gasteiger partial charge in [0, 0.05) is 23.1 Å². The fourth-order valence-electron chi connectivity index (χ4n) is 4.67. The molecule has 2 aliphatic rings. The van der Waals surface area contributed by atoms with Gasteiger partial charge in [-0.15, -0.1) is 0 Å². The molecule has 1 unspecified atom stereocenters. The van der Waals surface area contributed by atoms with E-state index in [1.54, 1.807) is 24.3 Å². The van der Waals surface area contributed by atoms with Gasteiger partial charge in [0.1, 0.15) is 6.04 Å². The van der Waals surface area contributed by atoms with E-state index in [1.807, 2.05) is 0 Å². The second kappa shape index (κ2) is 9.97. The molecule has 0 spiro atoms. The predicted molar refractivity (Wildman–Crippen MR) is 132 cm³/mol. The predicted octanol–water partition coefficient (Wildman–Crippen LogP) is 4.06. The van der Waals surface area contributed by atoms with Crippen LogP contribution in [0.15, 0.2) is 57.9 Å². The molecule has 34 heavy (non-hydrogen) atoms. The molecule has 0 bridgehead atoms. The molecule has 2 aromatic rings. The number of amides is 3. The van der Waals surface area contributed by atoms with Crippen LogP contribution in [0.1, 0.15) is 45.4 Å². The fraction of sp³-hybridized carbons (Fsp3) is 0.375. The highest BCUT2D eigenvalue weighted by Crippen LogP contribution is 2.35. The first kappa shape index (κ1) is 24.6. The Labute approximate surface area is 207 Å². The lowest BCUT2D eigenvalue weighted by atomic mass is 9.94. The summed E-state index contributed by atoms with van der Waals surface area (Å²) in [5, 5.41) is 2.62. The van der Waals surface area contributed by atoms with E-state index >= 15 is 0 Å². The second-order valence-electron chi connectivity index (χ2n) is 8.60. The summed E-state index contributed by atoms with van der Waals surface area (Å²) in [7, 11) is -4.08. The maximum absolute atomic E-state index is 13.8. The summed E-state index contributed by atoms with van der Waals surface area (Å²) in [4.78, 5) is 38.8. The number of nitrogens with one attached hydrogen (secondary N) is 1. The van der Waals surface area contributed by atoms with Gasteiger partial charge < -0.3 is 5.32 Å². The molecule has 1 heterocycles. The Balaban J connectivity index is 1.70. The van der Waals surface area contributed by atoms with Crippen LogP contribution in [0.25, 0.3) is 0 Å². The van der Waals surface area contributed by atoms with E-state index in [9.17, 15) is 22.8 Å². The average Bonchev–Trinajstić information content (AvgIpc) is 3.08. The Kier molecular flexibility index (Phi) is 7.20. The molecule has 10 heteroatoms. The van der Waals surface area contributed by atoms with Gasteiger partial charge >= 0.3 is 0 Å². The average molecular weight is 548 g/mol. The largest absolute Gasteiger partial charge is 0.326 e. The minimum absolute atomic E-state index is 0.0227. The van der Waals surface area contributed by atoms with Crippen molar-refractivity contribution in [2.45, 2.75) is 62.4 Å². The molecule has 3 amide bonds. The first-order valence-corrected chi connectivity index (χ1v) is 13.5. The highest BCUT2D eigenvalue weighted by atomic mass is 79.9. The van der Waals surface area contributed by atoms with Crippen LogP contribution < -0.4 is 10.2 Å². The number of nitrogens with zero attached hydrogens (tertiary/aromatic N) is 2. The Morgan fingerprint density at radius 3 is 2.21 bits per heavy atom. The molecule has 1 N–H and O–H groups in total. The monoisotopic (exact) mass is 547 g/mol. The van der Waals surface area contributed by atoms with Gasteiger partial charge in [-0.25, -0.2) is 13.3 Å². The zero-order valence-electron chi connectivity index (χ0n) is 18.7. The summed E-state index contributed by atoms with van der Waals surface area (Å²) in [6.07, 6.45) is 3.82. The van der Waals surface area contributed by atoms with Crippen molar-refractivity contribution in [1.82, 2.24) is 4.31 Å². The molecular weight excluding hydrogens is 522 g/mol. The molecular formula is C24H26BrN3O5S. The molecule has 8 nitrogen and oxygen atoms in total.